The van der Waals surface area contributed by atoms with Gasteiger partial charge < -0.3 is 16.0 Å². The number of amidine groups is 1. The molecule has 116 valence electrons. The second kappa shape index (κ2) is 6.91. The fourth-order valence-electron chi connectivity index (χ4n) is 2.92. The summed E-state index contributed by atoms with van der Waals surface area (Å²) >= 11 is 0. The number of likely N-dealkylation sites (tertiary alicyclic amines) is 1. The van der Waals surface area contributed by atoms with Crippen molar-refractivity contribution < 1.29 is 10.3 Å². The molecule has 21 heavy (non-hydrogen) atoms. The number of benzene rings is 1. The lowest BCUT2D eigenvalue weighted by Gasteiger charge is -2.33. The molecular formula is C16H25N3O2. The van der Waals surface area contributed by atoms with E-state index < -0.39 is 0 Å². The summed E-state index contributed by atoms with van der Waals surface area (Å²) in [6.07, 6.45) is 1.91. The van der Waals surface area contributed by atoms with E-state index in [1.807, 2.05) is 32.0 Å². The first-order valence-electron chi connectivity index (χ1n) is 7.49. The highest BCUT2D eigenvalue weighted by molar-refractivity contribution is 5.97. The normalized spacial score (nSPS) is 19.7. The van der Waals surface area contributed by atoms with E-state index in [1.54, 1.807) is 0 Å². The van der Waals surface area contributed by atoms with Crippen molar-refractivity contribution in [1.29, 1.82) is 0 Å². The largest absolute Gasteiger partial charge is 0.409 e. The molecule has 4 N–H and O–H groups in total. The molecular weight excluding hydrogens is 266 g/mol. The number of aliphatic hydroxyl groups excluding tert-OH is 1. The molecule has 1 heterocycles. The molecule has 0 amide bonds. The van der Waals surface area contributed by atoms with Gasteiger partial charge in [0.05, 0.1) is 6.10 Å². The fourth-order valence-corrected chi connectivity index (χ4v) is 2.92. The van der Waals surface area contributed by atoms with Crippen LogP contribution in [0.5, 0.6) is 0 Å². The zero-order valence-corrected chi connectivity index (χ0v) is 12.8. The minimum Gasteiger partial charge on any atom is -0.409 e. The van der Waals surface area contributed by atoms with Crippen LogP contribution in [-0.2, 0) is 6.54 Å². The van der Waals surface area contributed by atoms with Crippen molar-refractivity contribution in [2.75, 3.05) is 13.1 Å². The van der Waals surface area contributed by atoms with Gasteiger partial charge >= 0.3 is 0 Å². The van der Waals surface area contributed by atoms with Gasteiger partial charge in [0.15, 0.2) is 5.84 Å². The molecule has 0 radical (unpaired) electrons. The molecule has 0 aromatic heterocycles. The second-order valence-corrected chi connectivity index (χ2v) is 5.98. The summed E-state index contributed by atoms with van der Waals surface area (Å²) in [6, 6.07) is 5.89. The van der Waals surface area contributed by atoms with Crippen LogP contribution in [0.1, 0.15) is 36.5 Å². The Morgan fingerprint density at radius 2 is 2.10 bits per heavy atom. The molecule has 1 aromatic rings. The van der Waals surface area contributed by atoms with E-state index in [2.05, 4.69) is 10.1 Å². The number of nitrogens with two attached hydrogens (primary N) is 1. The monoisotopic (exact) mass is 291 g/mol. The highest BCUT2D eigenvalue weighted by Crippen LogP contribution is 2.23. The van der Waals surface area contributed by atoms with Crippen molar-refractivity contribution in [3.8, 4) is 0 Å². The average Bonchev–Trinajstić information content (AvgIpc) is 2.49. The van der Waals surface area contributed by atoms with Crippen LogP contribution in [0.25, 0.3) is 0 Å². The van der Waals surface area contributed by atoms with Crippen molar-refractivity contribution in [3.05, 3.63) is 34.9 Å². The first kappa shape index (κ1) is 15.8. The summed E-state index contributed by atoms with van der Waals surface area (Å²) in [5.41, 5.74) is 8.76. The third-order valence-electron chi connectivity index (χ3n) is 4.45. The number of hydrogen-bond acceptors (Lipinski definition) is 4. The van der Waals surface area contributed by atoms with E-state index in [-0.39, 0.29) is 11.9 Å². The Hall–Kier alpha value is -1.59. The Morgan fingerprint density at radius 1 is 1.43 bits per heavy atom. The summed E-state index contributed by atoms with van der Waals surface area (Å²) in [7, 11) is 0. The molecule has 1 aliphatic heterocycles. The predicted molar refractivity (Wildman–Crippen MR) is 83.4 cm³/mol. The topological polar surface area (TPSA) is 82.1 Å². The van der Waals surface area contributed by atoms with E-state index in [1.165, 1.54) is 5.56 Å². The molecule has 1 saturated heterocycles. The molecule has 5 nitrogen and oxygen atoms in total. The van der Waals surface area contributed by atoms with Gasteiger partial charge in [0.25, 0.3) is 0 Å². The quantitative estimate of drug-likeness (QED) is 0.341. The Kier molecular flexibility index (Phi) is 5.20. The molecule has 0 spiro atoms. The highest BCUT2D eigenvalue weighted by Gasteiger charge is 2.22. The van der Waals surface area contributed by atoms with Gasteiger partial charge in [-0.2, -0.15) is 0 Å². The minimum absolute atomic E-state index is 0.141. The SMILES string of the molecule is Cc1cc(/C(N)=N/O)ccc1CN1CCC(C(C)O)CC1. The van der Waals surface area contributed by atoms with Gasteiger partial charge in [-0.25, -0.2) is 0 Å². The minimum atomic E-state index is -0.200. The number of piperidine rings is 1. The Labute approximate surface area is 126 Å². The molecule has 5 heteroatoms. The van der Waals surface area contributed by atoms with Crippen LogP contribution in [-0.4, -0.2) is 40.2 Å². The number of aryl methyl sites for hydroxylation is 1. The van der Waals surface area contributed by atoms with Crippen molar-refractivity contribution in [3.63, 3.8) is 0 Å². The second-order valence-electron chi connectivity index (χ2n) is 5.98. The lowest BCUT2D eigenvalue weighted by atomic mass is 9.92. The van der Waals surface area contributed by atoms with Crippen molar-refractivity contribution in [1.82, 2.24) is 4.90 Å². The van der Waals surface area contributed by atoms with E-state index in [0.29, 0.717) is 5.92 Å². The summed E-state index contributed by atoms with van der Waals surface area (Å²) in [5.74, 6) is 0.577. The first-order chi connectivity index (χ1) is 10.0. The average molecular weight is 291 g/mol. The number of nitrogens with zero attached hydrogens (tertiary/aromatic N) is 2. The number of aliphatic hydroxyl groups is 1. The van der Waals surface area contributed by atoms with Crippen molar-refractivity contribution in [2.45, 2.75) is 39.3 Å². The molecule has 0 bridgehead atoms. The zero-order valence-electron chi connectivity index (χ0n) is 12.8. The molecule has 1 atom stereocenters. The molecule has 0 aliphatic carbocycles. The lowest BCUT2D eigenvalue weighted by Crippen LogP contribution is -2.36. The smallest absolute Gasteiger partial charge is 0.170 e. The lowest BCUT2D eigenvalue weighted by molar-refractivity contribution is 0.0695. The number of hydrogen-bond donors (Lipinski definition) is 3. The van der Waals surface area contributed by atoms with Crippen LogP contribution in [0, 0.1) is 12.8 Å². The molecule has 2 rings (SSSR count). The van der Waals surface area contributed by atoms with Crippen LogP contribution in [0.4, 0.5) is 0 Å². The van der Waals surface area contributed by atoms with Gasteiger partial charge in [-0.1, -0.05) is 17.3 Å². The Bertz CT molecular complexity index is 506. The first-order valence-corrected chi connectivity index (χ1v) is 7.49. The molecule has 0 saturated carbocycles. The predicted octanol–water partition coefficient (Wildman–Crippen LogP) is 1.68. The maximum atomic E-state index is 9.64. The molecule has 1 aliphatic rings. The van der Waals surface area contributed by atoms with Crippen LogP contribution in [0.15, 0.2) is 23.4 Å². The molecule has 1 aromatic carbocycles. The molecule has 1 fully saturated rings. The number of rotatable bonds is 4. The van der Waals surface area contributed by atoms with E-state index in [0.717, 1.165) is 43.6 Å². The van der Waals surface area contributed by atoms with E-state index in [9.17, 15) is 5.11 Å². The van der Waals surface area contributed by atoms with E-state index in [4.69, 9.17) is 10.9 Å². The maximum Gasteiger partial charge on any atom is 0.170 e. The maximum absolute atomic E-state index is 9.64. The third kappa shape index (κ3) is 3.95. The third-order valence-corrected chi connectivity index (χ3v) is 4.45. The van der Waals surface area contributed by atoms with Crippen molar-refractivity contribution in [2.24, 2.45) is 16.8 Å². The van der Waals surface area contributed by atoms with Crippen LogP contribution >= 0.6 is 0 Å². The number of oxime groups is 1. The Morgan fingerprint density at radius 3 is 2.62 bits per heavy atom. The standard InChI is InChI=1S/C16H25N3O2/c1-11-9-14(16(17)18-21)3-4-15(11)10-19-7-5-13(6-8-19)12(2)20/h3-4,9,12-13,20-21H,5-8,10H2,1-2H3,(H2,17,18). The van der Waals surface area contributed by atoms with Gasteiger partial charge in [0.2, 0.25) is 0 Å². The van der Waals surface area contributed by atoms with Gasteiger partial charge in [-0.3, -0.25) is 4.90 Å². The van der Waals surface area contributed by atoms with Gasteiger partial charge in [-0.15, -0.1) is 0 Å². The summed E-state index contributed by atoms with van der Waals surface area (Å²) < 4.78 is 0. The van der Waals surface area contributed by atoms with Gasteiger partial charge in [0, 0.05) is 12.1 Å². The van der Waals surface area contributed by atoms with Gasteiger partial charge in [-0.05, 0) is 62.9 Å². The zero-order chi connectivity index (χ0) is 15.4. The van der Waals surface area contributed by atoms with Gasteiger partial charge in [0.1, 0.15) is 0 Å². The summed E-state index contributed by atoms with van der Waals surface area (Å²) in [4.78, 5) is 2.42. The molecule has 1 unspecified atom stereocenters. The summed E-state index contributed by atoms with van der Waals surface area (Å²) in [6.45, 7) is 6.89. The Balaban J connectivity index is 1.98. The van der Waals surface area contributed by atoms with Crippen LogP contribution in [0.2, 0.25) is 0 Å². The van der Waals surface area contributed by atoms with E-state index >= 15 is 0 Å². The summed E-state index contributed by atoms with van der Waals surface area (Å²) in [5, 5.41) is 21.4. The van der Waals surface area contributed by atoms with Crippen molar-refractivity contribution >= 4 is 5.84 Å². The highest BCUT2D eigenvalue weighted by atomic mass is 16.4. The van der Waals surface area contributed by atoms with Crippen LogP contribution in [0.3, 0.4) is 0 Å². The van der Waals surface area contributed by atoms with Crippen LogP contribution < -0.4 is 5.73 Å². The fraction of sp³-hybridized carbons (Fsp3) is 0.562.